The van der Waals surface area contributed by atoms with E-state index in [0.29, 0.717) is 17.5 Å². The minimum atomic E-state index is -1.17. The molecule has 3 amide bonds. The van der Waals surface area contributed by atoms with Crippen LogP contribution >= 0.6 is 0 Å². The molecule has 232 valence electrons. The molecule has 0 bridgehead atoms. The minimum absolute atomic E-state index is 0.00454. The second-order valence-electron chi connectivity index (χ2n) is 11.7. The first-order chi connectivity index (χ1) is 20.2. The molecule has 0 spiro atoms. The SMILES string of the molecule is C#Cc1ccccc1C(C(=O)NCCC(=O)OCC)N(C(=O)C(Cc1ccccc1)NC(=O)OC(C)(C)C)C(C)(C)CC. The highest BCUT2D eigenvalue weighted by Crippen LogP contribution is 2.34. The van der Waals surface area contributed by atoms with Crippen LogP contribution in [0.2, 0.25) is 0 Å². The van der Waals surface area contributed by atoms with E-state index in [1.54, 1.807) is 52.0 Å². The summed E-state index contributed by atoms with van der Waals surface area (Å²) in [5.74, 6) is 1.18. The fraction of sp³-hybridized carbons (Fsp3) is 0.471. The van der Waals surface area contributed by atoms with E-state index in [1.165, 1.54) is 4.90 Å². The Hall–Kier alpha value is -4.32. The van der Waals surface area contributed by atoms with Gasteiger partial charge in [-0.05, 0) is 65.2 Å². The lowest BCUT2D eigenvalue weighted by atomic mass is 9.89. The zero-order valence-corrected chi connectivity index (χ0v) is 26.4. The van der Waals surface area contributed by atoms with Crippen LogP contribution in [0, 0.1) is 12.3 Å². The van der Waals surface area contributed by atoms with Crippen LogP contribution in [0.25, 0.3) is 0 Å². The van der Waals surface area contributed by atoms with E-state index in [9.17, 15) is 19.2 Å². The van der Waals surface area contributed by atoms with Crippen LogP contribution in [0.15, 0.2) is 54.6 Å². The van der Waals surface area contributed by atoms with Gasteiger partial charge >= 0.3 is 12.1 Å². The van der Waals surface area contributed by atoms with Crippen molar-refractivity contribution >= 4 is 23.9 Å². The van der Waals surface area contributed by atoms with E-state index in [-0.39, 0.29) is 26.0 Å². The number of esters is 1. The Bertz CT molecular complexity index is 1290. The lowest BCUT2D eigenvalue weighted by molar-refractivity contribution is -0.149. The van der Waals surface area contributed by atoms with Gasteiger partial charge in [-0.1, -0.05) is 61.4 Å². The summed E-state index contributed by atoms with van der Waals surface area (Å²) < 4.78 is 10.5. The Morgan fingerprint density at radius 1 is 0.953 bits per heavy atom. The summed E-state index contributed by atoms with van der Waals surface area (Å²) in [5.41, 5.74) is 0.0409. The van der Waals surface area contributed by atoms with Gasteiger partial charge in [-0.25, -0.2) is 4.79 Å². The maximum absolute atomic E-state index is 14.7. The van der Waals surface area contributed by atoms with Gasteiger partial charge in [0.15, 0.2) is 0 Å². The van der Waals surface area contributed by atoms with Gasteiger partial charge in [-0.15, -0.1) is 6.42 Å². The zero-order valence-electron chi connectivity index (χ0n) is 26.4. The van der Waals surface area contributed by atoms with E-state index >= 15 is 0 Å². The number of rotatable bonds is 13. The van der Waals surface area contributed by atoms with Crippen LogP contribution in [0.1, 0.15) is 84.0 Å². The zero-order chi connectivity index (χ0) is 32.2. The summed E-state index contributed by atoms with van der Waals surface area (Å²) in [7, 11) is 0. The molecular formula is C34H45N3O6. The van der Waals surface area contributed by atoms with Crippen LogP contribution < -0.4 is 10.6 Å². The van der Waals surface area contributed by atoms with Gasteiger partial charge in [0, 0.05) is 24.1 Å². The molecule has 9 nitrogen and oxygen atoms in total. The van der Waals surface area contributed by atoms with Crippen molar-refractivity contribution in [1.29, 1.82) is 0 Å². The molecule has 0 aliphatic heterocycles. The number of carbonyl (C=O) groups excluding carboxylic acids is 4. The molecule has 0 aliphatic rings. The van der Waals surface area contributed by atoms with Crippen molar-refractivity contribution in [2.45, 2.75) is 91.0 Å². The van der Waals surface area contributed by atoms with E-state index in [1.807, 2.05) is 51.1 Å². The Kier molecular flexibility index (Phi) is 12.8. The predicted octanol–water partition coefficient (Wildman–Crippen LogP) is 4.93. The Morgan fingerprint density at radius 2 is 1.58 bits per heavy atom. The summed E-state index contributed by atoms with van der Waals surface area (Å²) in [6, 6.07) is 14.0. The summed E-state index contributed by atoms with van der Waals surface area (Å²) in [5, 5.41) is 5.56. The molecule has 2 aromatic carbocycles. The number of amides is 3. The van der Waals surface area contributed by atoms with Gasteiger partial charge < -0.3 is 25.0 Å². The van der Waals surface area contributed by atoms with Gasteiger partial charge in [0.05, 0.1) is 13.0 Å². The minimum Gasteiger partial charge on any atom is -0.466 e. The highest BCUT2D eigenvalue weighted by Gasteiger charge is 2.43. The number of ether oxygens (including phenoxy) is 2. The maximum atomic E-state index is 14.7. The number of hydrogen-bond acceptors (Lipinski definition) is 6. The van der Waals surface area contributed by atoms with Gasteiger partial charge in [0.25, 0.3) is 0 Å². The molecule has 0 saturated heterocycles. The Morgan fingerprint density at radius 3 is 2.16 bits per heavy atom. The molecule has 2 unspecified atom stereocenters. The molecule has 0 aromatic heterocycles. The van der Waals surface area contributed by atoms with Crippen molar-refractivity contribution < 1.29 is 28.7 Å². The third kappa shape index (κ3) is 10.5. The topological polar surface area (TPSA) is 114 Å². The second kappa shape index (κ2) is 15.8. The standard InChI is InChI=1S/C34H45N3O6/c1-9-25-19-15-16-20-26(25)29(30(39)35-22-21-28(38)42-11-3)37(34(7,8)10-2)31(40)27(23-24-17-13-12-14-18-24)36-32(41)43-33(4,5)6/h1,12-20,27,29H,10-11,21-23H2,2-8H3,(H,35,39)(H,36,41). The van der Waals surface area contributed by atoms with Gasteiger partial charge in [0.2, 0.25) is 11.8 Å². The maximum Gasteiger partial charge on any atom is 0.408 e. The molecule has 2 N–H and O–H groups in total. The second-order valence-corrected chi connectivity index (χ2v) is 11.7. The number of alkyl carbamates (subject to hydrolysis) is 1. The van der Waals surface area contributed by atoms with Crippen LogP contribution in [0.5, 0.6) is 0 Å². The summed E-state index contributed by atoms with van der Waals surface area (Å²) >= 11 is 0. The molecule has 0 heterocycles. The van der Waals surface area contributed by atoms with E-state index in [2.05, 4.69) is 16.6 Å². The first-order valence-electron chi connectivity index (χ1n) is 14.6. The van der Waals surface area contributed by atoms with Crippen LogP contribution in [-0.2, 0) is 30.3 Å². The molecule has 9 heteroatoms. The first-order valence-corrected chi connectivity index (χ1v) is 14.6. The van der Waals surface area contributed by atoms with Gasteiger partial charge in [-0.3, -0.25) is 14.4 Å². The Labute approximate surface area is 255 Å². The van der Waals surface area contributed by atoms with Gasteiger partial charge in [0.1, 0.15) is 17.7 Å². The van der Waals surface area contributed by atoms with Crippen molar-refractivity contribution in [2.75, 3.05) is 13.2 Å². The quantitative estimate of drug-likeness (QED) is 0.252. The Balaban J connectivity index is 2.65. The van der Waals surface area contributed by atoms with Crippen molar-refractivity contribution in [3.05, 3.63) is 71.3 Å². The molecule has 0 aliphatic carbocycles. The lowest BCUT2D eigenvalue weighted by Crippen LogP contribution is -2.60. The number of benzene rings is 2. The highest BCUT2D eigenvalue weighted by molar-refractivity contribution is 5.93. The number of nitrogens with one attached hydrogen (secondary N) is 2. The van der Waals surface area contributed by atoms with E-state index in [0.717, 1.165) is 5.56 Å². The number of carbonyl (C=O) groups is 4. The third-order valence-corrected chi connectivity index (χ3v) is 6.88. The lowest BCUT2D eigenvalue weighted by Gasteiger charge is -2.45. The monoisotopic (exact) mass is 591 g/mol. The first kappa shape index (κ1) is 34.9. The smallest absolute Gasteiger partial charge is 0.408 e. The highest BCUT2D eigenvalue weighted by atomic mass is 16.6. The summed E-state index contributed by atoms with van der Waals surface area (Å²) in [6.45, 7) is 12.8. The van der Waals surface area contributed by atoms with Crippen LogP contribution in [0.4, 0.5) is 4.79 Å². The van der Waals surface area contributed by atoms with E-state index < -0.39 is 47.1 Å². The largest absolute Gasteiger partial charge is 0.466 e. The van der Waals surface area contributed by atoms with Crippen LogP contribution in [-0.4, -0.2) is 59.1 Å². The van der Waals surface area contributed by atoms with Crippen molar-refractivity contribution in [3.63, 3.8) is 0 Å². The van der Waals surface area contributed by atoms with Crippen LogP contribution in [0.3, 0.4) is 0 Å². The predicted molar refractivity (Wildman–Crippen MR) is 166 cm³/mol. The third-order valence-electron chi connectivity index (χ3n) is 6.88. The van der Waals surface area contributed by atoms with E-state index in [4.69, 9.17) is 15.9 Å². The number of terminal acetylenes is 1. The molecule has 2 rings (SSSR count). The molecule has 2 aromatic rings. The fourth-order valence-corrected chi connectivity index (χ4v) is 4.50. The van der Waals surface area contributed by atoms with Crippen molar-refractivity contribution in [3.8, 4) is 12.3 Å². The van der Waals surface area contributed by atoms with Gasteiger partial charge in [-0.2, -0.15) is 0 Å². The summed E-state index contributed by atoms with van der Waals surface area (Å²) in [6.07, 6.45) is 5.69. The normalized spacial score (nSPS) is 12.7. The average Bonchev–Trinajstić information content (AvgIpc) is 2.94. The molecule has 0 saturated carbocycles. The molecule has 2 atom stereocenters. The number of nitrogens with zero attached hydrogens (tertiary/aromatic N) is 1. The molecule has 0 radical (unpaired) electrons. The fourth-order valence-electron chi connectivity index (χ4n) is 4.50. The molecule has 0 fully saturated rings. The van der Waals surface area contributed by atoms with Crippen molar-refractivity contribution in [1.82, 2.24) is 15.5 Å². The van der Waals surface area contributed by atoms with Crippen molar-refractivity contribution in [2.24, 2.45) is 0 Å². The molecule has 43 heavy (non-hydrogen) atoms. The molecular weight excluding hydrogens is 546 g/mol. The summed E-state index contributed by atoms with van der Waals surface area (Å²) in [4.78, 5) is 55.1. The number of hydrogen-bond donors (Lipinski definition) is 2. The average molecular weight is 592 g/mol.